The van der Waals surface area contributed by atoms with Crippen LogP contribution in [0.2, 0.25) is 0 Å². The number of likely N-dealkylation sites (N-methyl/N-ethyl adjacent to an activating group) is 2. The van der Waals surface area contributed by atoms with Gasteiger partial charge in [-0.05, 0) is 56.8 Å². The van der Waals surface area contributed by atoms with Gasteiger partial charge in [0.1, 0.15) is 11.6 Å². The van der Waals surface area contributed by atoms with Crippen LogP contribution in [0.5, 0.6) is 0 Å². The van der Waals surface area contributed by atoms with Crippen LogP contribution in [-0.4, -0.2) is 70.2 Å². The summed E-state index contributed by atoms with van der Waals surface area (Å²) in [6.07, 6.45) is 1.69. The smallest absolute Gasteiger partial charge is 0.231 e. The largest absolute Gasteiger partial charge is 0.357 e. The molecule has 188 valence electrons. The highest BCUT2D eigenvalue weighted by atomic mass is 32.2. The van der Waals surface area contributed by atoms with Crippen molar-refractivity contribution in [2.24, 2.45) is 0 Å². The van der Waals surface area contributed by atoms with Crippen molar-refractivity contribution in [2.75, 3.05) is 45.7 Å². The summed E-state index contributed by atoms with van der Waals surface area (Å²) >= 11 is -2.24. The monoisotopic (exact) mass is 509 g/mol. The minimum atomic E-state index is -2.24. The van der Waals surface area contributed by atoms with E-state index in [9.17, 15) is 17.8 Å². The van der Waals surface area contributed by atoms with Gasteiger partial charge in [0, 0.05) is 32.2 Å². The van der Waals surface area contributed by atoms with Crippen LogP contribution in [-0.2, 0) is 17.7 Å². The molecule has 3 aromatic rings. The highest BCUT2D eigenvalue weighted by molar-refractivity contribution is 7.77. The molecule has 8 nitrogen and oxygen atoms in total. The minimum Gasteiger partial charge on any atom is -0.357 e. The Morgan fingerprint density at radius 1 is 1.09 bits per heavy atom. The van der Waals surface area contributed by atoms with Crippen LogP contribution in [0, 0.1) is 17.5 Å². The van der Waals surface area contributed by atoms with E-state index in [1.54, 1.807) is 6.20 Å². The molecule has 1 aromatic heterocycles. The quantitative estimate of drug-likeness (QED) is 0.178. The third kappa shape index (κ3) is 6.60. The van der Waals surface area contributed by atoms with Crippen molar-refractivity contribution < 1.29 is 26.7 Å². The molecule has 0 bridgehead atoms. The number of halogens is 3. The van der Waals surface area contributed by atoms with E-state index < -0.39 is 40.1 Å². The Labute approximate surface area is 203 Å². The van der Waals surface area contributed by atoms with Gasteiger partial charge in [0.05, 0.1) is 22.8 Å². The van der Waals surface area contributed by atoms with Gasteiger partial charge < -0.3 is 9.80 Å². The molecule has 2 N–H and O–H groups in total. The maximum absolute atomic E-state index is 15.1. The van der Waals surface area contributed by atoms with Crippen LogP contribution < -0.4 is 9.62 Å². The van der Waals surface area contributed by atoms with E-state index in [0.717, 1.165) is 6.54 Å². The zero-order valence-electron chi connectivity index (χ0n) is 19.5. The molecule has 0 aliphatic carbocycles. The Kier molecular flexibility index (Phi) is 8.89. The second-order valence-corrected chi connectivity index (χ2v) is 9.04. The lowest BCUT2D eigenvalue weighted by molar-refractivity contribution is 0.102. The summed E-state index contributed by atoms with van der Waals surface area (Å²) in [4.78, 5) is 25.8. The van der Waals surface area contributed by atoms with E-state index >= 15 is 4.39 Å². The molecule has 1 heterocycles. The van der Waals surface area contributed by atoms with Crippen LogP contribution in [0.3, 0.4) is 0 Å². The van der Waals surface area contributed by atoms with Crippen LogP contribution in [0.4, 0.5) is 19.0 Å². The number of benzene rings is 2. The number of aromatic nitrogens is 2. The number of nitrogens with zero attached hydrogens (tertiary/aromatic N) is 4. The molecule has 0 aliphatic heterocycles. The van der Waals surface area contributed by atoms with Gasteiger partial charge >= 0.3 is 0 Å². The second-order valence-electron chi connectivity index (χ2n) is 8.25. The number of hydrogen-bond donors (Lipinski definition) is 2. The predicted molar refractivity (Wildman–Crippen MR) is 128 cm³/mol. The van der Waals surface area contributed by atoms with Crippen molar-refractivity contribution in [1.29, 1.82) is 0 Å². The topological polar surface area (TPSA) is 98.7 Å². The minimum absolute atomic E-state index is 0.0412. The molecule has 0 amide bonds. The van der Waals surface area contributed by atoms with Gasteiger partial charge in [-0.3, -0.25) is 14.3 Å². The Bertz CT molecular complexity index is 1260. The first-order valence-electron chi connectivity index (χ1n) is 10.8. The van der Waals surface area contributed by atoms with Crippen molar-refractivity contribution in [1.82, 2.24) is 19.6 Å². The first-order chi connectivity index (χ1) is 16.6. The number of ketones is 1. The fraction of sp³-hybridized carbons (Fsp3) is 0.348. The fourth-order valence-electron chi connectivity index (χ4n) is 3.41. The van der Waals surface area contributed by atoms with Crippen molar-refractivity contribution in [2.45, 2.75) is 12.8 Å². The Morgan fingerprint density at radius 2 is 1.83 bits per heavy atom. The van der Waals surface area contributed by atoms with Crippen molar-refractivity contribution >= 4 is 33.9 Å². The molecule has 2 aromatic carbocycles. The summed E-state index contributed by atoms with van der Waals surface area (Å²) in [5, 5.41) is 0. The molecule has 0 fully saturated rings. The summed E-state index contributed by atoms with van der Waals surface area (Å²) < 4.78 is 65.4. The number of fused-ring (bicyclic) bond motifs is 1. The summed E-state index contributed by atoms with van der Waals surface area (Å²) in [5.74, 6) is -4.55. The number of nitrogens with one attached hydrogen (secondary N) is 1. The van der Waals surface area contributed by atoms with E-state index in [4.69, 9.17) is 4.55 Å². The molecular weight excluding hydrogens is 483 g/mol. The van der Waals surface area contributed by atoms with E-state index in [1.807, 2.05) is 30.9 Å². The molecule has 1 atom stereocenters. The highest BCUT2D eigenvalue weighted by Crippen LogP contribution is 2.25. The summed E-state index contributed by atoms with van der Waals surface area (Å²) in [7, 11) is 5.74. The van der Waals surface area contributed by atoms with Gasteiger partial charge in [0.25, 0.3) is 0 Å². The molecule has 0 radical (unpaired) electrons. The van der Waals surface area contributed by atoms with Gasteiger partial charge in [-0.2, -0.15) is 0 Å². The first-order valence-corrected chi connectivity index (χ1v) is 11.9. The van der Waals surface area contributed by atoms with Crippen molar-refractivity contribution in [3.05, 3.63) is 64.6 Å². The highest BCUT2D eigenvalue weighted by Gasteiger charge is 2.25. The predicted octanol–water partition coefficient (Wildman–Crippen LogP) is 2.93. The Balaban J connectivity index is 1.91. The Morgan fingerprint density at radius 3 is 2.51 bits per heavy atom. The van der Waals surface area contributed by atoms with E-state index in [-0.39, 0.29) is 30.5 Å². The van der Waals surface area contributed by atoms with Crippen molar-refractivity contribution in [3.8, 4) is 0 Å². The standard InChI is InChI=1S/C23H26F3N5O3S/c1-30(2)9-10-31(3)19-13-27-17-7-6-15(12-18(17)29-19)23(32)20-21(25)14(11-16(24)22(20)26)5-4-8-28-35(33)34/h6-7,11-13,28H,4-5,8-10H2,1-3H3,(H,33,34). The van der Waals surface area contributed by atoms with Crippen LogP contribution in [0.25, 0.3) is 11.0 Å². The van der Waals surface area contributed by atoms with Gasteiger partial charge in [-0.1, -0.05) is 0 Å². The van der Waals surface area contributed by atoms with Gasteiger partial charge in [-0.15, -0.1) is 0 Å². The Hall–Kier alpha value is -2.93. The number of aryl methyl sites for hydroxylation is 1. The van der Waals surface area contributed by atoms with E-state index in [2.05, 4.69) is 14.7 Å². The zero-order valence-corrected chi connectivity index (χ0v) is 20.3. The van der Waals surface area contributed by atoms with Gasteiger partial charge in [0.2, 0.25) is 11.3 Å². The third-order valence-corrected chi connectivity index (χ3v) is 5.82. The lowest BCUT2D eigenvalue weighted by Crippen LogP contribution is -2.29. The molecule has 0 spiro atoms. The lowest BCUT2D eigenvalue weighted by atomic mass is 9.97. The molecule has 0 saturated carbocycles. The number of anilines is 1. The van der Waals surface area contributed by atoms with Crippen LogP contribution in [0.1, 0.15) is 27.9 Å². The normalized spacial score (nSPS) is 12.3. The first kappa shape index (κ1) is 26.7. The molecule has 12 heteroatoms. The maximum Gasteiger partial charge on any atom is 0.231 e. The maximum atomic E-state index is 15.1. The van der Waals surface area contributed by atoms with E-state index in [0.29, 0.717) is 29.5 Å². The second kappa shape index (κ2) is 11.7. The molecule has 0 aliphatic rings. The molecular formula is C23H26F3N5O3S. The number of hydrogen-bond acceptors (Lipinski definition) is 6. The molecule has 3 rings (SSSR count). The van der Waals surface area contributed by atoms with Gasteiger partial charge in [0.15, 0.2) is 17.4 Å². The average molecular weight is 510 g/mol. The number of carbonyl (C=O) groups is 1. The van der Waals surface area contributed by atoms with E-state index in [1.165, 1.54) is 18.2 Å². The van der Waals surface area contributed by atoms with Crippen molar-refractivity contribution in [3.63, 3.8) is 0 Å². The molecule has 35 heavy (non-hydrogen) atoms. The molecule has 0 saturated heterocycles. The fourth-order valence-corrected chi connectivity index (χ4v) is 3.73. The number of carbonyl (C=O) groups excluding carboxylic acids is 1. The van der Waals surface area contributed by atoms with Crippen LogP contribution >= 0.6 is 0 Å². The average Bonchev–Trinajstić information content (AvgIpc) is 2.82. The number of rotatable bonds is 11. The summed E-state index contributed by atoms with van der Waals surface area (Å²) in [5.41, 5.74) is -0.425. The summed E-state index contributed by atoms with van der Waals surface area (Å²) in [6.45, 7) is 1.50. The van der Waals surface area contributed by atoms with Gasteiger partial charge in [-0.25, -0.2) is 27.1 Å². The third-order valence-electron chi connectivity index (χ3n) is 5.37. The zero-order chi connectivity index (χ0) is 25.7. The summed E-state index contributed by atoms with van der Waals surface area (Å²) in [6, 6.07) is 4.94. The van der Waals surface area contributed by atoms with Crippen LogP contribution in [0.15, 0.2) is 30.5 Å². The lowest BCUT2D eigenvalue weighted by Gasteiger charge is -2.20. The molecule has 1 unspecified atom stereocenters. The SMILES string of the molecule is CN(C)CCN(C)c1cnc2ccc(C(=O)c3c(F)c(F)cc(CCCNS(=O)O)c3F)cc2n1.